The summed E-state index contributed by atoms with van der Waals surface area (Å²) in [7, 11) is 0. The molecule has 2 aromatic rings. The second kappa shape index (κ2) is 13.3. The third-order valence-electron chi connectivity index (χ3n) is 4.90. The lowest BCUT2D eigenvalue weighted by atomic mass is 10.1. The van der Waals surface area contributed by atoms with Gasteiger partial charge in [0.1, 0.15) is 5.75 Å². The summed E-state index contributed by atoms with van der Waals surface area (Å²) in [4.78, 5) is 9.07. The van der Waals surface area contributed by atoms with Crippen LogP contribution in [0, 0.1) is 0 Å². The van der Waals surface area contributed by atoms with E-state index in [1.807, 2.05) is 36.7 Å². The van der Waals surface area contributed by atoms with Crippen molar-refractivity contribution in [1.29, 1.82) is 0 Å². The summed E-state index contributed by atoms with van der Waals surface area (Å²) in [6.07, 6.45) is 17.8. The molecular formula is C24H36N2O. The molecule has 0 aliphatic heterocycles. The molecule has 0 unspecified atom stereocenters. The molecule has 0 spiro atoms. The van der Waals surface area contributed by atoms with Gasteiger partial charge in [-0.25, -0.2) is 9.97 Å². The molecule has 148 valence electrons. The number of aromatic nitrogens is 2. The molecule has 0 radical (unpaired) electrons. The maximum absolute atomic E-state index is 5.85. The van der Waals surface area contributed by atoms with E-state index in [-0.39, 0.29) is 0 Å². The first-order valence-corrected chi connectivity index (χ1v) is 10.9. The Balaban J connectivity index is 1.72. The number of hydrogen-bond donors (Lipinski definition) is 0. The number of unbranched alkanes of at least 4 members (excludes halogenated alkanes) is 8. The Kier molecular flexibility index (Phi) is 10.5. The lowest BCUT2D eigenvalue weighted by molar-refractivity contribution is 0.304. The molecule has 2 rings (SSSR count). The van der Waals surface area contributed by atoms with Crippen LogP contribution in [0.4, 0.5) is 0 Å². The minimum Gasteiger partial charge on any atom is -0.494 e. The number of nitrogens with zero attached hydrogens (tertiary/aromatic N) is 2. The Labute approximate surface area is 165 Å². The number of aryl methyl sites for hydroxylation is 1. The van der Waals surface area contributed by atoms with Crippen LogP contribution in [0.2, 0.25) is 0 Å². The van der Waals surface area contributed by atoms with Crippen LogP contribution in [0.15, 0.2) is 36.7 Å². The van der Waals surface area contributed by atoms with Gasteiger partial charge in [-0.1, -0.05) is 65.2 Å². The molecule has 0 saturated heterocycles. The van der Waals surface area contributed by atoms with Crippen molar-refractivity contribution in [3.05, 3.63) is 42.2 Å². The van der Waals surface area contributed by atoms with Crippen LogP contribution in [-0.2, 0) is 6.42 Å². The van der Waals surface area contributed by atoms with Gasteiger partial charge in [-0.3, -0.25) is 0 Å². The average Bonchev–Trinajstić information content (AvgIpc) is 2.71. The topological polar surface area (TPSA) is 35.0 Å². The molecule has 3 heteroatoms. The van der Waals surface area contributed by atoms with E-state index in [2.05, 4.69) is 23.8 Å². The summed E-state index contributed by atoms with van der Waals surface area (Å²) in [5, 5.41) is 0. The lowest BCUT2D eigenvalue weighted by Crippen LogP contribution is -1.97. The SMILES string of the molecule is CCCCCCCCOc1ccc(-c2ncc(CCCCCC)cn2)cc1. The Bertz CT molecular complexity index is 607. The van der Waals surface area contributed by atoms with Crippen LogP contribution in [0.5, 0.6) is 5.75 Å². The first kappa shape index (κ1) is 21.4. The minimum absolute atomic E-state index is 0.787. The normalized spacial score (nSPS) is 10.9. The summed E-state index contributed by atoms with van der Waals surface area (Å²) in [6, 6.07) is 8.14. The van der Waals surface area contributed by atoms with Gasteiger partial charge in [0.15, 0.2) is 5.82 Å². The van der Waals surface area contributed by atoms with E-state index < -0.39 is 0 Å². The van der Waals surface area contributed by atoms with E-state index in [1.165, 1.54) is 63.4 Å². The van der Waals surface area contributed by atoms with Gasteiger partial charge < -0.3 is 4.74 Å². The van der Waals surface area contributed by atoms with Crippen LogP contribution in [0.1, 0.15) is 83.6 Å². The molecule has 0 aliphatic carbocycles. The van der Waals surface area contributed by atoms with E-state index in [0.29, 0.717) is 0 Å². The molecule has 27 heavy (non-hydrogen) atoms. The summed E-state index contributed by atoms with van der Waals surface area (Å²) in [5.41, 5.74) is 2.27. The van der Waals surface area contributed by atoms with Crippen LogP contribution >= 0.6 is 0 Å². The third-order valence-corrected chi connectivity index (χ3v) is 4.90. The monoisotopic (exact) mass is 368 g/mol. The third kappa shape index (κ3) is 8.55. The van der Waals surface area contributed by atoms with Gasteiger partial charge in [0.2, 0.25) is 0 Å². The predicted octanol–water partition coefficient (Wildman–Crippen LogP) is 7.01. The van der Waals surface area contributed by atoms with Gasteiger partial charge in [-0.15, -0.1) is 0 Å². The fourth-order valence-electron chi connectivity index (χ4n) is 3.16. The highest BCUT2D eigenvalue weighted by atomic mass is 16.5. The van der Waals surface area contributed by atoms with Crippen molar-refractivity contribution in [2.45, 2.75) is 84.5 Å². The van der Waals surface area contributed by atoms with Gasteiger partial charge in [-0.05, 0) is 49.1 Å². The minimum atomic E-state index is 0.787. The zero-order valence-corrected chi connectivity index (χ0v) is 17.3. The van der Waals surface area contributed by atoms with Gasteiger partial charge in [0.05, 0.1) is 6.61 Å². The number of rotatable bonds is 14. The van der Waals surface area contributed by atoms with Crippen molar-refractivity contribution in [3.8, 4) is 17.1 Å². The number of ether oxygens (including phenoxy) is 1. The molecule has 1 aromatic heterocycles. The van der Waals surface area contributed by atoms with Crippen molar-refractivity contribution in [2.75, 3.05) is 6.61 Å². The standard InChI is InChI=1S/C24H36N2O/c1-3-5-7-9-10-12-18-27-23-16-14-22(15-17-23)24-25-19-21(20-26-24)13-11-8-6-4-2/h14-17,19-20H,3-13,18H2,1-2H3. The van der Waals surface area contributed by atoms with E-state index in [4.69, 9.17) is 4.74 Å². The van der Waals surface area contributed by atoms with Crippen molar-refractivity contribution < 1.29 is 4.74 Å². The van der Waals surface area contributed by atoms with Gasteiger partial charge in [-0.2, -0.15) is 0 Å². The Morgan fingerprint density at radius 1 is 0.704 bits per heavy atom. The maximum atomic E-state index is 5.85. The first-order chi connectivity index (χ1) is 13.3. The molecule has 0 aliphatic rings. The smallest absolute Gasteiger partial charge is 0.159 e. The summed E-state index contributed by atoms with van der Waals surface area (Å²) in [6.45, 7) is 5.29. The second-order valence-electron chi connectivity index (χ2n) is 7.37. The quantitative estimate of drug-likeness (QED) is 0.336. The molecule has 3 nitrogen and oxygen atoms in total. The zero-order valence-electron chi connectivity index (χ0n) is 17.3. The number of benzene rings is 1. The van der Waals surface area contributed by atoms with Gasteiger partial charge in [0, 0.05) is 18.0 Å². The predicted molar refractivity (Wildman–Crippen MR) is 114 cm³/mol. The van der Waals surface area contributed by atoms with Crippen molar-refractivity contribution in [3.63, 3.8) is 0 Å². The van der Waals surface area contributed by atoms with Crippen LogP contribution in [0.25, 0.3) is 11.4 Å². The van der Waals surface area contributed by atoms with Crippen molar-refractivity contribution >= 4 is 0 Å². The maximum Gasteiger partial charge on any atom is 0.159 e. The average molecular weight is 369 g/mol. The summed E-state index contributed by atoms with van der Waals surface area (Å²) < 4.78 is 5.85. The summed E-state index contributed by atoms with van der Waals surface area (Å²) in [5.74, 6) is 1.72. The largest absolute Gasteiger partial charge is 0.494 e. The van der Waals surface area contributed by atoms with Crippen LogP contribution in [0.3, 0.4) is 0 Å². The Morgan fingerprint density at radius 2 is 1.30 bits per heavy atom. The van der Waals surface area contributed by atoms with E-state index in [1.54, 1.807) is 0 Å². The molecule has 1 aromatic carbocycles. The van der Waals surface area contributed by atoms with Crippen molar-refractivity contribution in [1.82, 2.24) is 9.97 Å². The number of hydrogen-bond acceptors (Lipinski definition) is 3. The Hall–Kier alpha value is -1.90. The highest BCUT2D eigenvalue weighted by Gasteiger charge is 2.03. The van der Waals surface area contributed by atoms with E-state index >= 15 is 0 Å². The highest BCUT2D eigenvalue weighted by molar-refractivity contribution is 5.55. The highest BCUT2D eigenvalue weighted by Crippen LogP contribution is 2.20. The molecule has 0 amide bonds. The summed E-state index contributed by atoms with van der Waals surface area (Å²) >= 11 is 0. The molecule has 0 fully saturated rings. The first-order valence-electron chi connectivity index (χ1n) is 10.9. The van der Waals surface area contributed by atoms with Gasteiger partial charge in [0.25, 0.3) is 0 Å². The van der Waals surface area contributed by atoms with Gasteiger partial charge >= 0.3 is 0 Å². The molecule has 1 heterocycles. The van der Waals surface area contributed by atoms with Crippen LogP contribution in [-0.4, -0.2) is 16.6 Å². The van der Waals surface area contributed by atoms with E-state index in [0.717, 1.165) is 36.6 Å². The van der Waals surface area contributed by atoms with E-state index in [9.17, 15) is 0 Å². The van der Waals surface area contributed by atoms with Crippen molar-refractivity contribution in [2.24, 2.45) is 0 Å². The fraction of sp³-hybridized carbons (Fsp3) is 0.583. The lowest BCUT2D eigenvalue weighted by Gasteiger charge is -2.07. The molecule has 0 bridgehead atoms. The molecule has 0 saturated carbocycles. The molecule has 0 N–H and O–H groups in total. The van der Waals surface area contributed by atoms with Crippen LogP contribution < -0.4 is 4.74 Å². The Morgan fingerprint density at radius 3 is 1.96 bits per heavy atom. The molecule has 0 atom stereocenters. The molecular weight excluding hydrogens is 332 g/mol. The fourth-order valence-corrected chi connectivity index (χ4v) is 3.16. The second-order valence-corrected chi connectivity index (χ2v) is 7.37. The zero-order chi connectivity index (χ0) is 19.2.